The minimum absolute atomic E-state index is 0.815. The quantitative estimate of drug-likeness (QED) is 0.856. The van der Waals surface area contributed by atoms with Crippen molar-refractivity contribution < 1.29 is 4.74 Å². The molecule has 2 heterocycles. The van der Waals surface area contributed by atoms with Crippen molar-refractivity contribution in [3.63, 3.8) is 0 Å². The van der Waals surface area contributed by atoms with Gasteiger partial charge in [0.15, 0.2) is 0 Å². The third-order valence-corrected chi connectivity index (χ3v) is 3.02. The predicted octanol–water partition coefficient (Wildman–Crippen LogP) is 1.42. The standard InChI is InChI=1S/C13H21N3O/c1-2-14-10-12-4-5-15-11-13(12)16-6-3-8-17-9-7-16/h4-5,11,14H,2-3,6-10H2,1H3. The number of anilines is 1. The SMILES string of the molecule is CCNCc1ccncc1N1CCCOCC1. The zero-order chi connectivity index (χ0) is 11.9. The second kappa shape index (κ2) is 6.57. The Morgan fingerprint density at radius 3 is 3.24 bits per heavy atom. The lowest BCUT2D eigenvalue weighted by molar-refractivity contribution is 0.152. The molecule has 0 bridgehead atoms. The molecular weight excluding hydrogens is 214 g/mol. The van der Waals surface area contributed by atoms with Gasteiger partial charge in [0.2, 0.25) is 0 Å². The van der Waals surface area contributed by atoms with E-state index in [2.05, 4.69) is 28.2 Å². The Labute approximate surface area is 103 Å². The van der Waals surface area contributed by atoms with Gasteiger partial charge in [-0.3, -0.25) is 4.98 Å². The number of aromatic nitrogens is 1. The van der Waals surface area contributed by atoms with Crippen molar-refractivity contribution in [1.29, 1.82) is 0 Å². The number of nitrogens with one attached hydrogen (secondary N) is 1. The number of nitrogens with zero attached hydrogens (tertiary/aromatic N) is 2. The van der Waals surface area contributed by atoms with Crippen LogP contribution in [0.4, 0.5) is 5.69 Å². The molecule has 1 N–H and O–H groups in total. The van der Waals surface area contributed by atoms with Crippen molar-refractivity contribution in [3.05, 3.63) is 24.0 Å². The third-order valence-electron chi connectivity index (χ3n) is 3.02. The van der Waals surface area contributed by atoms with Crippen LogP contribution in [0.15, 0.2) is 18.5 Å². The molecule has 1 aromatic heterocycles. The summed E-state index contributed by atoms with van der Waals surface area (Å²) < 4.78 is 5.49. The fraction of sp³-hybridized carbons (Fsp3) is 0.615. The maximum atomic E-state index is 5.49. The van der Waals surface area contributed by atoms with E-state index < -0.39 is 0 Å². The van der Waals surface area contributed by atoms with Crippen LogP contribution in [0.3, 0.4) is 0 Å². The largest absolute Gasteiger partial charge is 0.380 e. The highest BCUT2D eigenvalue weighted by molar-refractivity contribution is 5.51. The Hall–Kier alpha value is -1.13. The summed E-state index contributed by atoms with van der Waals surface area (Å²) >= 11 is 0. The zero-order valence-corrected chi connectivity index (χ0v) is 10.5. The van der Waals surface area contributed by atoms with Gasteiger partial charge in [-0.15, -0.1) is 0 Å². The van der Waals surface area contributed by atoms with Gasteiger partial charge in [-0.1, -0.05) is 6.92 Å². The Morgan fingerprint density at radius 1 is 1.41 bits per heavy atom. The van der Waals surface area contributed by atoms with E-state index in [0.717, 1.165) is 45.8 Å². The molecular formula is C13H21N3O. The number of hydrogen-bond acceptors (Lipinski definition) is 4. The molecule has 0 spiro atoms. The number of hydrogen-bond donors (Lipinski definition) is 1. The summed E-state index contributed by atoms with van der Waals surface area (Å²) in [7, 11) is 0. The first-order chi connectivity index (χ1) is 8.42. The lowest BCUT2D eigenvalue weighted by atomic mass is 10.2. The lowest BCUT2D eigenvalue weighted by Gasteiger charge is -2.24. The van der Waals surface area contributed by atoms with Gasteiger partial charge in [0.05, 0.1) is 18.5 Å². The summed E-state index contributed by atoms with van der Waals surface area (Å²) in [5.41, 5.74) is 2.57. The molecule has 1 aliphatic heterocycles. The van der Waals surface area contributed by atoms with E-state index in [4.69, 9.17) is 4.74 Å². The molecule has 17 heavy (non-hydrogen) atoms. The van der Waals surface area contributed by atoms with Crippen LogP contribution in [0.5, 0.6) is 0 Å². The summed E-state index contributed by atoms with van der Waals surface area (Å²) in [5.74, 6) is 0. The molecule has 1 aromatic rings. The van der Waals surface area contributed by atoms with Crippen LogP contribution in [0.2, 0.25) is 0 Å². The minimum atomic E-state index is 0.815. The number of ether oxygens (including phenoxy) is 1. The molecule has 4 nitrogen and oxygen atoms in total. The van der Waals surface area contributed by atoms with Crippen LogP contribution in [-0.4, -0.2) is 37.8 Å². The van der Waals surface area contributed by atoms with Gasteiger partial charge in [0.25, 0.3) is 0 Å². The van der Waals surface area contributed by atoms with Gasteiger partial charge in [0, 0.05) is 32.4 Å². The van der Waals surface area contributed by atoms with Crippen LogP contribution in [0, 0.1) is 0 Å². The minimum Gasteiger partial charge on any atom is -0.380 e. The molecule has 0 aromatic carbocycles. The zero-order valence-electron chi connectivity index (χ0n) is 10.5. The fourth-order valence-corrected chi connectivity index (χ4v) is 2.10. The van der Waals surface area contributed by atoms with Crippen molar-refractivity contribution >= 4 is 5.69 Å². The van der Waals surface area contributed by atoms with Gasteiger partial charge < -0.3 is 15.0 Å². The predicted molar refractivity (Wildman–Crippen MR) is 69.3 cm³/mol. The molecule has 4 heteroatoms. The van der Waals surface area contributed by atoms with Gasteiger partial charge in [0.1, 0.15) is 0 Å². The fourth-order valence-electron chi connectivity index (χ4n) is 2.10. The maximum Gasteiger partial charge on any atom is 0.0641 e. The van der Waals surface area contributed by atoms with Crippen molar-refractivity contribution in [2.24, 2.45) is 0 Å². The summed E-state index contributed by atoms with van der Waals surface area (Å²) in [6.07, 6.45) is 4.93. The normalized spacial score (nSPS) is 16.9. The highest BCUT2D eigenvalue weighted by Crippen LogP contribution is 2.20. The monoisotopic (exact) mass is 235 g/mol. The van der Waals surface area contributed by atoms with Gasteiger partial charge in [-0.25, -0.2) is 0 Å². The molecule has 0 unspecified atom stereocenters. The first-order valence-corrected chi connectivity index (χ1v) is 6.38. The summed E-state index contributed by atoms with van der Waals surface area (Å²) in [5, 5.41) is 3.37. The Kier molecular flexibility index (Phi) is 4.76. The molecule has 0 amide bonds. The topological polar surface area (TPSA) is 37.4 Å². The number of pyridine rings is 1. The van der Waals surface area contributed by atoms with E-state index in [-0.39, 0.29) is 0 Å². The Morgan fingerprint density at radius 2 is 2.35 bits per heavy atom. The summed E-state index contributed by atoms with van der Waals surface area (Å²) in [6.45, 7) is 7.74. The lowest BCUT2D eigenvalue weighted by Crippen LogP contribution is -2.28. The Balaban J connectivity index is 2.11. The molecule has 1 aliphatic rings. The molecule has 0 aliphatic carbocycles. The Bertz CT molecular complexity index is 335. The van der Waals surface area contributed by atoms with E-state index in [1.54, 1.807) is 0 Å². The van der Waals surface area contributed by atoms with Crippen molar-refractivity contribution in [2.75, 3.05) is 37.7 Å². The van der Waals surface area contributed by atoms with Crippen molar-refractivity contribution in [2.45, 2.75) is 19.9 Å². The van der Waals surface area contributed by atoms with Crippen LogP contribution in [0.1, 0.15) is 18.9 Å². The smallest absolute Gasteiger partial charge is 0.0641 e. The highest BCUT2D eigenvalue weighted by atomic mass is 16.5. The van der Waals surface area contributed by atoms with Crippen LogP contribution >= 0.6 is 0 Å². The van der Waals surface area contributed by atoms with E-state index in [1.807, 2.05) is 12.4 Å². The second-order valence-corrected chi connectivity index (χ2v) is 4.24. The highest BCUT2D eigenvalue weighted by Gasteiger charge is 2.13. The second-order valence-electron chi connectivity index (χ2n) is 4.24. The van der Waals surface area contributed by atoms with E-state index in [1.165, 1.54) is 11.3 Å². The van der Waals surface area contributed by atoms with Gasteiger partial charge >= 0.3 is 0 Å². The van der Waals surface area contributed by atoms with Crippen LogP contribution in [-0.2, 0) is 11.3 Å². The summed E-state index contributed by atoms with van der Waals surface area (Å²) in [4.78, 5) is 6.63. The van der Waals surface area contributed by atoms with Crippen molar-refractivity contribution in [1.82, 2.24) is 10.3 Å². The van der Waals surface area contributed by atoms with E-state index >= 15 is 0 Å². The van der Waals surface area contributed by atoms with Crippen LogP contribution < -0.4 is 10.2 Å². The molecule has 0 saturated carbocycles. The van der Waals surface area contributed by atoms with Crippen LogP contribution in [0.25, 0.3) is 0 Å². The molecule has 94 valence electrons. The molecule has 1 saturated heterocycles. The maximum absolute atomic E-state index is 5.49. The van der Waals surface area contributed by atoms with E-state index in [0.29, 0.717) is 0 Å². The van der Waals surface area contributed by atoms with Crippen molar-refractivity contribution in [3.8, 4) is 0 Å². The average molecular weight is 235 g/mol. The first kappa shape index (κ1) is 12.3. The first-order valence-electron chi connectivity index (χ1n) is 6.38. The molecule has 0 atom stereocenters. The molecule has 0 radical (unpaired) electrons. The average Bonchev–Trinajstić information content (AvgIpc) is 2.65. The van der Waals surface area contributed by atoms with E-state index in [9.17, 15) is 0 Å². The molecule has 2 rings (SSSR count). The third kappa shape index (κ3) is 3.41. The van der Waals surface area contributed by atoms with Gasteiger partial charge in [-0.05, 0) is 24.6 Å². The van der Waals surface area contributed by atoms with Gasteiger partial charge in [-0.2, -0.15) is 0 Å². The number of rotatable bonds is 4. The molecule has 1 fully saturated rings. The summed E-state index contributed by atoms with van der Waals surface area (Å²) in [6, 6.07) is 2.10.